The van der Waals surface area contributed by atoms with Crippen LogP contribution in [0.3, 0.4) is 0 Å². The van der Waals surface area contributed by atoms with E-state index in [-0.39, 0.29) is 43.5 Å². The maximum Gasteiger partial charge on any atom is 0.416 e. The second-order valence-corrected chi connectivity index (χ2v) is 11.3. The van der Waals surface area contributed by atoms with E-state index in [4.69, 9.17) is 0 Å². The highest BCUT2D eigenvalue weighted by Crippen LogP contribution is 2.40. The monoisotopic (exact) mass is 590 g/mol. The molecule has 3 rings (SSSR count). The molecule has 1 aliphatic rings. The van der Waals surface area contributed by atoms with E-state index in [9.17, 15) is 45.4 Å². The van der Waals surface area contributed by atoms with Crippen LogP contribution in [0.15, 0.2) is 36.4 Å². The number of hydrogen-bond acceptors (Lipinski definition) is 3. The first-order valence-corrected chi connectivity index (χ1v) is 13.0. The SMILES string of the molecule is Cc1cc(F)ccc1[C@H]1CN(C(=O)CC(C)(C)O)CC[C@@H]1C(=O)N(C)[C@@H](C)c1cc(C(F)(F)F)cc(C(F)(F)F)c1. The van der Waals surface area contributed by atoms with Crippen molar-refractivity contribution >= 4 is 11.8 Å². The van der Waals surface area contributed by atoms with Crippen LogP contribution in [0.5, 0.6) is 0 Å². The molecule has 2 amide bonds. The largest absolute Gasteiger partial charge is 0.416 e. The smallest absolute Gasteiger partial charge is 0.390 e. The normalized spacial score (nSPS) is 19.2. The van der Waals surface area contributed by atoms with Crippen LogP contribution in [0, 0.1) is 18.7 Å². The van der Waals surface area contributed by atoms with Crippen LogP contribution in [-0.2, 0) is 21.9 Å². The van der Waals surface area contributed by atoms with Gasteiger partial charge in [0.2, 0.25) is 11.8 Å². The summed E-state index contributed by atoms with van der Waals surface area (Å²) < 4.78 is 94.5. The van der Waals surface area contributed by atoms with Gasteiger partial charge in [-0.05, 0) is 81.1 Å². The van der Waals surface area contributed by atoms with Crippen molar-refractivity contribution in [2.75, 3.05) is 20.1 Å². The van der Waals surface area contributed by atoms with Gasteiger partial charge in [-0.3, -0.25) is 9.59 Å². The van der Waals surface area contributed by atoms with E-state index < -0.39 is 58.7 Å². The van der Waals surface area contributed by atoms with Crippen LogP contribution in [0.1, 0.15) is 73.4 Å². The summed E-state index contributed by atoms with van der Waals surface area (Å²) in [6.07, 6.45) is -10.1. The first-order chi connectivity index (χ1) is 18.7. The minimum atomic E-state index is -5.04. The number of likely N-dealkylation sites (tertiary alicyclic amines) is 1. The Hall–Kier alpha value is -3.15. The molecule has 41 heavy (non-hydrogen) atoms. The zero-order valence-electron chi connectivity index (χ0n) is 23.3. The second kappa shape index (κ2) is 11.6. The Kier molecular flexibility index (Phi) is 9.17. The fourth-order valence-corrected chi connectivity index (χ4v) is 5.22. The Labute approximate surface area is 233 Å². The lowest BCUT2D eigenvalue weighted by Gasteiger charge is -2.41. The van der Waals surface area contributed by atoms with Crippen molar-refractivity contribution in [1.29, 1.82) is 0 Å². The van der Waals surface area contributed by atoms with Crippen molar-refractivity contribution in [1.82, 2.24) is 9.80 Å². The maximum atomic E-state index is 13.9. The molecule has 0 bridgehead atoms. The average molecular weight is 591 g/mol. The summed E-state index contributed by atoms with van der Waals surface area (Å²) in [4.78, 5) is 29.3. The lowest BCUT2D eigenvalue weighted by Crippen LogP contribution is -2.49. The first kappa shape index (κ1) is 32.4. The van der Waals surface area contributed by atoms with E-state index >= 15 is 0 Å². The molecule has 226 valence electrons. The third-order valence-electron chi connectivity index (χ3n) is 7.52. The zero-order chi connectivity index (χ0) is 31.1. The predicted octanol–water partition coefficient (Wildman–Crippen LogP) is 6.48. The topological polar surface area (TPSA) is 60.9 Å². The minimum absolute atomic E-state index is 0.0335. The molecule has 3 atom stereocenters. The van der Waals surface area contributed by atoms with E-state index in [1.165, 1.54) is 50.9 Å². The number of halogens is 7. The molecule has 2 aromatic rings. The molecular weight excluding hydrogens is 557 g/mol. The van der Waals surface area contributed by atoms with Gasteiger partial charge in [-0.25, -0.2) is 4.39 Å². The van der Waals surface area contributed by atoms with E-state index in [1.807, 2.05) is 0 Å². The highest BCUT2D eigenvalue weighted by Gasteiger charge is 2.41. The number of hydrogen-bond donors (Lipinski definition) is 1. The van der Waals surface area contributed by atoms with E-state index in [2.05, 4.69) is 0 Å². The lowest BCUT2D eigenvalue weighted by molar-refractivity contribution is -0.144. The summed E-state index contributed by atoms with van der Waals surface area (Å²) >= 11 is 0. The van der Waals surface area contributed by atoms with Crippen molar-refractivity contribution in [3.8, 4) is 0 Å². The van der Waals surface area contributed by atoms with Gasteiger partial charge in [-0.1, -0.05) is 6.07 Å². The molecule has 0 saturated carbocycles. The molecule has 1 heterocycles. The molecule has 1 saturated heterocycles. The zero-order valence-corrected chi connectivity index (χ0v) is 23.3. The van der Waals surface area contributed by atoms with Gasteiger partial charge in [0, 0.05) is 32.0 Å². The molecule has 0 unspecified atom stereocenters. The van der Waals surface area contributed by atoms with E-state index in [0.717, 1.165) is 4.90 Å². The third-order valence-corrected chi connectivity index (χ3v) is 7.52. The van der Waals surface area contributed by atoms with Gasteiger partial charge in [0.25, 0.3) is 0 Å². The van der Waals surface area contributed by atoms with Gasteiger partial charge in [-0.2, -0.15) is 26.3 Å². The van der Waals surface area contributed by atoms with Crippen molar-refractivity contribution in [2.24, 2.45) is 5.92 Å². The number of rotatable bonds is 6. The van der Waals surface area contributed by atoms with Crippen molar-refractivity contribution in [3.05, 3.63) is 70.0 Å². The van der Waals surface area contributed by atoms with Gasteiger partial charge < -0.3 is 14.9 Å². The number of aliphatic hydroxyl groups is 1. The number of nitrogens with zero attached hydrogens (tertiary/aromatic N) is 2. The number of benzene rings is 2. The van der Waals surface area contributed by atoms with Crippen LogP contribution in [0.2, 0.25) is 0 Å². The molecular formula is C29H33F7N2O3. The van der Waals surface area contributed by atoms with Crippen LogP contribution in [0.25, 0.3) is 0 Å². The van der Waals surface area contributed by atoms with Crippen LogP contribution in [0.4, 0.5) is 30.7 Å². The molecule has 5 nitrogen and oxygen atoms in total. The Bertz CT molecular complexity index is 1250. The van der Waals surface area contributed by atoms with Gasteiger partial charge >= 0.3 is 12.4 Å². The Morgan fingerprint density at radius 2 is 1.59 bits per heavy atom. The number of amides is 2. The quantitative estimate of drug-likeness (QED) is 0.392. The van der Waals surface area contributed by atoms with Crippen LogP contribution >= 0.6 is 0 Å². The van der Waals surface area contributed by atoms with E-state index in [0.29, 0.717) is 23.3 Å². The Morgan fingerprint density at radius 1 is 1.02 bits per heavy atom. The molecule has 0 radical (unpaired) electrons. The van der Waals surface area contributed by atoms with Crippen molar-refractivity contribution < 1.29 is 45.4 Å². The number of alkyl halides is 6. The first-order valence-electron chi connectivity index (χ1n) is 13.0. The Balaban J connectivity index is 1.97. The van der Waals surface area contributed by atoms with Crippen LogP contribution in [-0.4, -0.2) is 52.5 Å². The van der Waals surface area contributed by atoms with Gasteiger partial charge in [-0.15, -0.1) is 0 Å². The number of carbonyl (C=O) groups excluding carboxylic acids is 2. The van der Waals surface area contributed by atoms with Gasteiger partial charge in [0.05, 0.1) is 29.2 Å². The summed E-state index contributed by atoms with van der Waals surface area (Å²) in [6, 6.07) is 4.08. The molecule has 0 spiro atoms. The standard InChI is InChI=1S/C29H33F7N2O3/c1-16-10-21(30)6-7-22(16)24-15-38(25(39)14-27(3,4)41)9-8-23(24)26(40)37(5)17(2)18-11-19(28(31,32)33)13-20(12-18)29(34,35)36/h6-7,10-13,17,23-24,41H,8-9,14-15H2,1-5H3/t17-,23-,24+/m0/s1. The number of aryl methyl sites for hydroxylation is 1. The Morgan fingerprint density at radius 3 is 2.07 bits per heavy atom. The van der Waals surface area contributed by atoms with Crippen molar-refractivity contribution in [2.45, 2.75) is 70.4 Å². The average Bonchev–Trinajstić information content (AvgIpc) is 2.84. The second-order valence-electron chi connectivity index (χ2n) is 11.3. The summed E-state index contributed by atoms with van der Waals surface area (Å²) in [6.45, 7) is 6.15. The minimum Gasteiger partial charge on any atom is -0.390 e. The molecule has 12 heteroatoms. The maximum absolute atomic E-state index is 13.9. The number of carbonyl (C=O) groups is 2. The third kappa shape index (κ3) is 7.78. The fourth-order valence-electron chi connectivity index (χ4n) is 5.22. The number of piperidine rings is 1. The van der Waals surface area contributed by atoms with Crippen LogP contribution < -0.4 is 0 Å². The molecule has 0 aliphatic carbocycles. The summed E-state index contributed by atoms with van der Waals surface area (Å²) in [5.41, 5.74) is -3.46. The summed E-state index contributed by atoms with van der Waals surface area (Å²) in [5, 5.41) is 10.1. The molecule has 0 aromatic heterocycles. The summed E-state index contributed by atoms with van der Waals surface area (Å²) in [7, 11) is 1.31. The summed E-state index contributed by atoms with van der Waals surface area (Å²) in [5.74, 6) is -2.82. The van der Waals surface area contributed by atoms with E-state index in [1.54, 1.807) is 6.92 Å². The van der Waals surface area contributed by atoms with Crippen molar-refractivity contribution in [3.63, 3.8) is 0 Å². The highest BCUT2D eigenvalue weighted by molar-refractivity contribution is 5.82. The predicted molar refractivity (Wildman–Crippen MR) is 137 cm³/mol. The molecule has 2 aromatic carbocycles. The molecule has 1 aliphatic heterocycles. The highest BCUT2D eigenvalue weighted by atomic mass is 19.4. The fraction of sp³-hybridized carbons (Fsp3) is 0.517. The van der Waals surface area contributed by atoms with Gasteiger partial charge in [0.1, 0.15) is 5.82 Å². The lowest BCUT2D eigenvalue weighted by atomic mass is 9.78. The molecule has 1 fully saturated rings. The molecule has 1 N–H and O–H groups in total. The van der Waals surface area contributed by atoms with Gasteiger partial charge in [0.15, 0.2) is 0 Å².